The molecule has 3 aromatic rings. The molecule has 3 aromatic carbocycles. The van der Waals surface area contributed by atoms with E-state index in [9.17, 15) is 5.26 Å². The third kappa shape index (κ3) is 3.27. The van der Waals surface area contributed by atoms with Crippen LogP contribution in [0.25, 0.3) is 10.8 Å². The van der Waals surface area contributed by atoms with Crippen LogP contribution in [0.2, 0.25) is 0 Å². The molecule has 1 fully saturated rings. The number of anilines is 1. The lowest BCUT2D eigenvalue weighted by Gasteiger charge is -2.35. The van der Waals surface area contributed by atoms with Gasteiger partial charge in [0.2, 0.25) is 0 Å². The molecule has 0 amide bonds. The van der Waals surface area contributed by atoms with Crippen molar-refractivity contribution in [3.05, 3.63) is 76.9 Å². The van der Waals surface area contributed by atoms with Crippen LogP contribution < -0.4 is 4.90 Å². The van der Waals surface area contributed by atoms with Crippen LogP contribution in [0, 0.1) is 11.3 Å². The summed E-state index contributed by atoms with van der Waals surface area (Å²) < 4.78 is 5.51. The summed E-state index contributed by atoms with van der Waals surface area (Å²) in [6, 6.07) is 21.8. The fourth-order valence-electron chi connectivity index (χ4n) is 4.87. The summed E-state index contributed by atoms with van der Waals surface area (Å²) in [6.07, 6.45) is 0. The Bertz CT molecular complexity index is 1090. The minimum absolute atomic E-state index is 0.197. The van der Waals surface area contributed by atoms with Gasteiger partial charge in [0.05, 0.1) is 24.8 Å². The van der Waals surface area contributed by atoms with Crippen molar-refractivity contribution >= 4 is 16.5 Å². The van der Waals surface area contributed by atoms with E-state index in [0.29, 0.717) is 0 Å². The fourth-order valence-corrected chi connectivity index (χ4v) is 4.87. The van der Waals surface area contributed by atoms with Gasteiger partial charge in [0.15, 0.2) is 0 Å². The average Bonchev–Trinajstić information content (AvgIpc) is 2.78. The zero-order chi connectivity index (χ0) is 19.8. The summed E-state index contributed by atoms with van der Waals surface area (Å²) in [5, 5.41) is 12.2. The number of likely N-dealkylation sites (N-methyl/N-ethyl adjacent to an activating group) is 1. The molecular formula is C25H25N3O. The summed E-state index contributed by atoms with van der Waals surface area (Å²) in [6.45, 7) is 5.34. The first kappa shape index (κ1) is 18.2. The quantitative estimate of drug-likeness (QED) is 0.667. The molecule has 2 aliphatic rings. The van der Waals surface area contributed by atoms with E-state index < -0.39 is 0 Å². The van der Waals surface area contributed by atoms with E-state index in [1.165, 1.54) is 27.6 Å². The van der Waals surface area contributed by atoms with Gasteiger partial charge < -0.3 is 14.5 Å². The minimum atomic E-state index is 0.197. The van der Waals surface area contributed by atoms with Gasteiger partial charge in [0.1, 0.15) is 0 Å². The number of benzene rings is 3. The lowest BCUT2D eigenvalue weighted by molar-refractivity contribution is 0.122. The van der Waals surface area contributed by atoms with Crippen molar-refractivity contribution in [1.82, 2.24) is 4.90 Å². The Morgan fingerprint density at radius 3 is 2.69 bits per heavy atom. The molecule has 0 N–H and O–H groups in total. The van der Waals surface area contributed by atoms with Crippen molar-refractivity contribution in [3.8, 4) is 6.07 Å². The summed E-state index contributed by atoms with van der Waals surface area (Å²) in [5.41, 5.74) is 5.95. The molecule has 2 aliphatic heterocycles. The molecule has 2 heterocycles. The highest BCUT2D eigenvalue weighted by molar-refractivity contribution is 5.88. The van der Waals surface area contributed by atoms with Crippen LogP contribution in [0.1, 0.15) is 28.2 Å². The van der Waals surface area contributed by atoms with Crippen molar-refractivity contribution in [2.24, 2.45) is 0 Å². The first-order valence-electron chi connectivity index (χ1n) is 10.3. The maximum atomic E-state index is 9.85. The molecule has 0 radical (unpaired) electrons. The topological polar surface area (TPSA) is 39.5 Å². The van der Waals surface area contributed by atoms with Crippen molar-refractivity contribution in [2.45, 2.75) is 12.5 Å². The van der Waals surface area contributed by atoms with Crippen LogP contribution in [0.5, 0.6) is 0 Å². The lowest BCUT2D eigenvalue weighted by Crippen LogP contribution is -2.37. The van der Waals surface area contributed by atoms with E-state index >= 15 is 0 Å². The fraction of sp³-hybridized carbons (Fsp3) is 0.320. The molecule has 4 heteroatoms. The molecule has 0 spiro atoms. The summed E-state index contributed by atoms with van der Waals surface area (Å²) in [7, 11) is 2.18. The molecule has 0 saturated carbocycles. The highest BCUT2D eigenvalue weighted by Crippen LogP contribution is 2.39. The van der Waals surface area contributed by atoms with E-state index in [1.54, 1.807) is 0 Å². The Labute approximate surface area is 171 Å². The van der Waals surface area contributed by atoms with Crippen LogP contribution in [-0.4, -0.2) is 44.8 Å². The zero-order valence-corrected chi connectivity index (χ0v) is 16.8. The monoisotopic (exact) mass is 383 g/mol. The van der Waals surface area contributed by atoms with E-state index in [1.807, 2.05) is 6.07 Å². The molecule has 0 aliphatic carbocycles. The maximum absolute atomic E-state index is 9.85. The second-order valence-corrected chi connectivity index (χ2v) is 8.09. The second kappa shape index (κ2) is 7.51. The summed E-state index contributed by atoms with van der Waals surface area (Å²) in [4.78, 5) is 4.78. The van der Waals surface area contributed by atoms with Crippen molar-refractivity contribution < 1.29 is 4.74 Å². The van der Waals surface area contributed by atoms with E-state index in [0.717, 1.165) is 50.5 Å². The minimum Gasteiger partial charge on any atom is -0.378 e. The van der Waals surface area contributed by atoms with Gasteiger partial charge in [0, 0.05) is 37.8 Å². The van der Waals surface area contributed by atoms with E-state index in [-0.39, 0.29) is 5.92 Å². The van der Waals surface area contributed by atoms with Crippen molar-refractivity contribution in [3.63, 3.8) is 0 Å². The number of hydrogen-bond acceptors (Lipinski definition) is 4. The number of ether oxygens (including phenoxy) is 1. The smallest absolute Gasteiger partial charge is 0.0994 e. The normalized spacial score (nSPS) is 19.7. The Kier molecular flexibility index (Phi) is 4.71. The van der Waals surface area contributed by atoms with Crippen LogP contribution in [0.3, 0.4) is 0 Å². The van der Waals surface area contributed by atoms with Gasteiger partial charge in [-0.2, -0.15) is 5.26 Å². The van der Waals surface area contributed by atoms with Gasteiger partial charge in [-0.1, -0.05) is 36.4 Å². The van der Waals surface area contributed by atoms with Crippen LogP contribution >= 0.6 is 0 Å². The highest BCUT2D eigenvalue weighted by Gasteiger charge is 2.28. The number of fused-ring (bicyclic) bond motifs is 2. The highest BCUT2D eigenvalue weighted by atomic mass is 16.5. The Morgan fingerprint density at radius 2 is 1.86 bits per heavy atom. The molecule has 4 nitrogen and oxygen atoms in total. The first-order valence-corrected chi connectivity index (χ1v) is 10.3. The average molecular weight is 383 g/mol. The van der Waals surface area contributed by atoms with Gasteiger partial charge in [0.25, 0.3) is 0 Å². The van der Waals surface area contributed by atoms with Crippen molar-refractivity contribution in [1.29, 1.82) is 5.26 Å². The third-order valence-corrected chi connectivity index (χ3v) is 6.25. The number of hydrogen-bond donors (Lipinski definition) is 0. The third-order valence-electron chi connectivity index (χ3n) is 6.25. The molecular weight excluding hydrogens is 358 g/mol. The molecule has 5 rings (SSSR count). The molecule has 146 valence electrons. The van der Waals surface area contributed by atoms with Crippen LogP contribution in [0.4, 0.5) is 5.69 Å². The first-order chi connectivity index (χ1) is 14.2. The summed E-state index contributed by atoms with van der Waals surface area (Å²) >= 11 is 0. The zero-order valence-electron chi connectivity index (χ0n) is 16.8. The molecule has 1 saturated heterocycles. The Morgan fingerprint density at radius 1 is 1.03 bits per heavy atom. The molecule has 1 atom stereocenters. The maximum Gasteiger partial charge on any atom is 0.0994 e. The molecule has 1 unspecified atom stereocenters. The SMILES string of the molecule is CN1Cc2cc(N3CCOCC3)ccc2C(c2c(C#N)ccc3ccccc23)C1. The largest absolute Gasteiger partial charge is 0.378 e. The molecule has 0 aromatic heterocycles. The lowest BCUT2D eigenvalue weighted by atomic mass is 9.80. The number of nitrogens with zero attached hydrogens (tertiary/aromatic N) is 3. The standard InChI is InChI=1S/C25H25N3O/c1-27-16-20-14-21(28-10-12-29-13-11-28)8-9-22(20)24(17-27)25-19(15-26)7-6-18-4-2-3-5-23(18)25/h2-9,14,24H,10-13,16-17H2,1H3. The predicted molar refractivity (Wildman–Crippen MR) is 116 cm³/mol. The summed E-state index contributed by atoms with van der Waals surface area (Å²) in [5.74, 6) is 0.197. The second-order valence-electron chi connectivity index (χ2n) is 8.09. The molecule has 0 bridgehead atoms. The number of nitriles is 1. The number of rotatable bonds is 2. The van der Waals surface area contributed by atoms with Gasteiger partial charge in [-0.3, -0.25) is 0 Å². The van der Waals surface area contributed by atoms with Crippen LogP contribution in [-0.2, 0) is 11.3 Å². The van der Waals surface area contributed by atoms with Crippen LogP contribution in [0.15, 0.2) is 54.6 Å². The van der Waals surface area contributed by atoms with E-state index in [4.69, 9.17) is 4.74 Å². The number of morpholine rings is 1. The van der Waals surface area contributed by atoms with E-state index in [2.05, 4.69) is 71.4 Å². The Balaban J connectivity index is 1.63. The van der Waals surface area contributed by atoms with Crippen molar-refractivity contribution in [2.75, 3.05) is 44.8 Å². The Hall–Kier alpha value is -2.87. The van der Waals surface area contributed by atoms with Gasteiger partial charge >= 0.3 is 0 Å². The van der Waals surface area contributed by atoms with Gasteiger partial charge in [-0.05, 0) is 52.7 Å². The van der Waals surface area contributed by atoms with Gasteiger partial charge in [-0.15, -0.1) is 0 Å². The predicted octanol–water partition coefficient (Wildman–Crippen LogP) is 4.13. The van der Waals surface area contributed by atoms with Gasteiger partial charge in [-0.25, -0.2) is 0 Å². The molecule has 29 heavy (non-hydrogen) atoms.